The minimum atomic E-state index is -0.428. The van der Waals surface area contributed by atoms with Crippen LogP contribution in [0.1, 0.15) is 22.3 Å². The van der Waals surface area contributed by atoms with E-state index in [-0.39, 0.29) is 6.61 Å². The quantitative estimate of drug-likeness (QED) is 0.394. The van der Waals surface area contributed by atoms with Crippen molar-refractivity contribution in [1.82, 2.24) is 4.98 Å². The predicted octanol–water partition coefficient (Wildman–Crippen LogP) is 4.98. The summed E-state index contributed by atoms with van der Waals surface area (Å²) in [6.07, 6.45) is 1.54. The van der Waals surface area contributed by atoms with Crippen molar-refractivity contribution < 1.29 is 19.0 Å². The van der Waals surface area contributed by atoms with Crippen molar-refractivity contribution in [3.05, 3.63) is 64.6 Å². The van der Waals surface area contributed by atoms with Crippen LogP contribution in [0.25, 0.3) is 16.8 Å². The summed E-state index contributed by atoms with van der Waals surface area (Å²) in [5, 5.41) is 15.1. The van der Waals surface area contributed by atoms with Crippen molar-refractivity contribution >= 4 is 28.6 Å². The third kappa shape index (κ3) is 5.02. The smallest absolute Gasteiger partial charge is 0.340 e. The first-order chi connectivity index (χ1) is 15.1. The number of para-hydroxylation sites is 1. The summed E-state index contributed by atoms with van der Waals surface area (Å²) in [6.45, 7) is 2.03. The lowest BCUT2D eigenvalue weighted by molar-refractivity contribution is 0.0527. The molecule has 0 amide bonds. The predicted molar refractivity (Wildman–Crippen MR) is 120 cm³/mol. The van der Waals surface area contributed by atoms with E-state index in [1.54, 1.807) is 45.4 Å². The van der Waals surface area contributed by atoms with Gasteiger partial charge in [0.2, 0.25) is 0 Å². The molecule has 0 bridgehead atoms. The minimum Gasteiger partial charge on any atom is -0.493 e. The second-order valence-corrected chi connectivity index (χ2v) is 7.05. The first-order valence-electron chi connectivity index (χ1n) is 9.42. The summed E-state index contributed by atoms with van der Waals surface area (Å²) in [4.78, 5) is 16.7. The Labute approximate surface area is 184 Å². The Hall–Kier alpha value is -3.83. The molecule has 0 saturated carbocycles. The highest BCUT2D eigenvalue weighted by molar-refractivity contribution is 7.11. The van der Waals surface area contributed by atoms with Gasteiger partial charge in [-0.3, -0.25) is 0 Å². The number of esters is 1. The lowest BCUT2D eigenvalue weighted by Gasteiger charge is -2.08. The largest absolute Gasteiger partial charge is 0.493 e. The second-order valence-electron chi connectivity index (χ2n) is 6.19. The summed E-state index contributed by atoms with van der Waals surface area (Å²) in [7, 11) is 3.15. The van der Waals surface area contributed by atoms with Gasteiger partial charge in [-0.15, -0.1) is 11.3 Å². The highest BCUT2D eigenvalue weighted by Gasteiger charge is 2.14. The van der Waals surface area contributed by atoms with Gasteiger partial charge in [-0.05, 0) is 37.3 Å². The van der Waals surface area contributed by atoms with E-state index in [0.29, 0.717) is 39.0 Å². The van der Waals surface area contributed by atoms with Gasteiger partial charge in [0, 0.05) is 17.1 Å². The van der Waals surface area contributed by atoms with E-state index in [9.17, 15) is 10.1 Å². The number of thiazole rings is 1. The van der Waals surface area contributed by atoms with Crippen molar-refractivity contribution in [2.75, 3.05) is 26.1 Å². The topological polar surface area (TPSA) is 93.5 Å². The second kappa shape index (κ2) is 10.3. The molecule has 7 nitrogen and oxygen atoms in total. The fourth-order valence-electron chi connectivity index (χ4n) is 2.81. The fraction of sp³-hybridized carbons (Fsp3) is 0.174. The number of carbonyl (C=O) groups excluding carboxylic acids is 1. The van der Waals surface area contributed by atoms with Crippen molar-refractivity contribution in [1.29, 1.82) is 5.26 Å². The zero-order valence-corrected chi connectivity index (χ0v) is 18.2. The van der Waals surface area contributed by atoms with Crippen LogP contribution in [0, 0.1) is 11.3 Å². The normalized spacial score (nSPS) is 10.8. The molecule has 0 spiro atoms. The molecule has 0 aliphatic carbocycles. The number of nitrogens with zero attached hydrogens (tertiary/aromatic N) is 2. The number of ether oxygens (including phenoxy) is 3. The van der Waals surface area contributed by atoms with E-state index in [0.717, 1.165) is 5.56 Å². The maximum atomic E-state index is 12.1. The number of rotatable bonds is 8. The van der Waals surface area contributed by atoms with Crippen LogP contribution in [0.2, 0.25) is 0 Å². The van der Waals surface area contributed by atoms with Gasteiger partial charge in [0.25, 0.3) is 0 Å². The van der Waals surface area contributed by atoms with Crippen LogP contribution in [-0.4, -0.2) is 31.8 Å². The van der Waals surface area contributed by atoms with Crippen molar-refractivity contribution in [3.8, 4) is 28.8 Å². The van der Waals surface area contributed by atoms with E-state index >= 15 is 0 Å². The number of methoxy groups -OCH3 is 2. The zero-order valence-electron chi connectivity index (χ0n) is 17.3. The molecule has 0 atom stereocenters. The summed E-state index contributed by atoms with van der Waals surface area (Å²) in [5.74, 6) is 0.800. The average molecular weight is 436 g/mol. The van der Waals surface area contributed by atoms with Gasteiger partial charge in [-0.1, -0.05) is 12.1 Å². The van der Waals surface area contributed by atoms with Gasteiger partial charge >= 0.3 is 5.97 Å². The maximum absolute atomic E-state index is 12.1. The van der Waals surface area contributed by atoms with Gasteiger partial charge in [0.15, 0.2) is 11.5 Å². The molecule has 1 aromatic heterocycles. The van der Waals surface area contributed by atoms with Crippen molar-refractivity contribution in [2.45, 2.75) is 6.92 Å². The number of benzene rings is 2. The Morgan fingerprint density at radius 1 is 1.19 bits per heavy atom. The van der Waals surface area contributed by atoms with Gasteiger partial charge in [-0.25, -0.2) is 9.78 Å². The Balaban J connectivity index is 1.86. The van der Waals surface area contributed by atoms with E-state index < -0.39 is 5.97 Å². The third-order valence-corrected chi connectivity index (χ3v) is 5.20. The van der Waals surface area contributed by atoms with E-state index in [1.165, 1.54) is 17.5 Å². The van der Waals surface area contributed by atoms with Crippen LogP contribution in [0.3, 0.4) is 0 Å². The molecule has 1 heterocycles. The van der Waals surface area contributed by atoms with Crippen molar-refractivity contribution in [3.63, 3.8) is 0 Å². The lowest BCUT2D eigenvalue weighted by Crippen LogP contribution is -2.07. The molecular weight excluding hydrogens is 414 g/mol. The maximum Gasteiger partial charge on any atom is 0.340 e. The highest BCUT2D eigenvalue weighted by Crippen LogP contribution is 2.33. The third-order valence-electron chi connectivity index (χ3n) is 4.33. The molecule has 31 heavy (non-hydrogen) atoms. The molecular formula is C23H21N3O4S. The number of nitrogens with one attached hydrogen (secondary N) is 1. The molecule has 3 rings (SSSR count). The molecule has 1 N–H and O–H groups in total. The number of hydrogen-bond donors (Lipinski definition) is 1. The Bertz CT molecular complexity index is 1150. The van der Waals surface area contributed by atoms with E-state index in [2.05, 4.69) is 16.4 Å². The average Bonchev–Trinajstić information content (AvgIpc) is 3.29. The summed E-state index contributed by atoms with van der Waals surface area (Å²) < 4.78 is 15.7. The molecule has 2 aromatic carbocycles. The number of nitriles is 1. The zero-order chi connectivity index (χ0) is 22.2. The number of hydrogen-bond acceptors (Lipinski definition) is 8. The number of anilines is 1. The van der Waals surface area contributed by atoms with Gasteiger partial charge in [0.05, 0.1) is 37.8 Å². The van der Waals surface area contributed by atoms with Crippen LogP contribution in [0.5, 0.6) is 11.5 Å². The Morgan fingerprint density at radius 2 is 1.97 bits per heavy atom. The molecule has 0 saturated heterocycles. The first-order valence-corrected chi connectivity index (χ1v) is 10.3. The van der Waals surface area contributed by atoms with Crippen molar-refractivity contribution in [2.24, 2.45) is 0 Å². The number of carbonyl (C=O) groups is 1. The molecule has 0 aliphatic heterocycles. The monoisotopic (exact) mass is 435 g/mol. The Kier molecular flexibility index (Phi) is 7.25. The van der Waals surface area contributed by atoms with Crippen LogP contribution in [0.4, 0.5) is 5.69 Å². The molecule has 0 aliphatic rings. The molecule has 0 fully saturated rings. The fourth-order valence-corrected chi connectivity index (χ4v) is 3.61. The lowest BCUT2D eigenvalue weighted by atomic mass is 10.1. The first kappa shape index (κ1) is 21.9. The van der Waals surface area contributed by atoms with Crippen LogP contribution in [0.15, 0.2) is 54.0 Å². The summed E-state index contributed by atoms with van der Waals surface area (Å²) >= 11 is 1.35. The van der Waals surface area contributed by atoms with Crippen LogP contribution < -0.4 is 14.8 Å². The summed E-state index contributed by atoms with van der Waals surface area (Å²) in [5.41, 5.74) is 2.84. The number of allylic oxidation sites excluding steroid dienone is 1. The van der Waals surface area contributed by atoms with Crippen LogP contribution >= 0.6 is 11.3 Å². The highest BCUT2D eigenvalue weighted by atomic mass is 32.1. The summed E-state index contributed by atoms with van der Waals surface area (Å²) in [6, 6.07) is 14.6. The van der Waals surface area contributed by atoms with Crippen LogP contribution in [-0.2, 0) is 4.74 Å². The minimum absolute atomic E-state index is 0.282. The SMILES string of the molecule is CCOC(=O)c1ccccc1NC=C(C#N)c1nc(-c2ccc(OC)c(OC)c2)cs1. The molecule has 8 heteroatoms. The molecule has 0 radical (unpaired) electrons. The van der Waals surface area contributed by atoms with Gasteiger partial charge in [-0.2, -0.15) is 5.26 Å². The standard InChI is InChI=1S/C23H21N3O4S/c1-4-30-23(27)17-7-5-6-8-18(17)25-13-16(12-24)22-26-19(14-31-22)15-9-10-20(28-2)21(11-15)29-3/h5-11,13-14,25H,4H2,1-3H3. The molecule has 0 unspecified atom stereocenters. The van der Waals surface area contributed by atoms with E-state index in [1.807, 2.05) is 23.6 Å². The van der Waals surface area contributed by atoms with E-state index in [4.69, 9.17) is 14.2 Å². The number of aromatic nitrogens is 1. The van der Waals surface area contributed by atoms with Gasteiger partial charge < -0.3 is 19.5 Å². The molecule has 3 aromatic rings. The Morgan fingerprint density at radius 3 is 2.68 bits per heavy atom. The van der Waals surface area contributed by atoms with Gasteiger partial charge in [0.1, 0.15) is 16.6 Å². The molecule has 158 valence electrons.